The van der Waals surface area contributed by atoms with Crippen LogP contribution in [-0.2, 0) is 6.54 Å². The number of hydrogen-bond acceptors (Lipinski definition) is 5. The summed E-state index contributed by atoms with van der Waals surface area (Å²) in [5.74, 6) is 0.927. The Kier molecular flexibility index (Phi) is 5.89. The van der Waals surface area contributed by atoms with E-state index in [2.05, 4.69) is 20.6 Å². The number of aromatic nitrogens is 2. The van der Waals surface area contributed by atoms with Gasteiger partial charge in [-0.2, -0.15) is 0 Å². The van der Waals surface area contributed by atoms with Gasteiger partial charge in [-0.05, 0) is 44.0 Å². The quantitative estimate of drug-likeness (QED) is 0.672. The summed E-state index contributed by atoms with van der Waals surface area (Å²) in [5, 5.41) is 6.14. The first kappa shape index (κ1) is 19.4. The molecule has 0 spiro atoms. The van der Waals surface area contributed by atoms with Crippen LogP contribution in [0.15, 0.2) is 48.5 Å². The van der Waals surface area contributed by atoms with Gasteiger partial charge >= 0.3 is 0 Å². The second-order valence-corrected chi connectivity index (χ2v) is 6.60. The molecule has 0 bridgehead atoms. The molecule has 1 heterocycles. The van der Waals surface area contributed by atoms with Gasteiger partial charge in [-0.3, -0.25) is 4.79 Å². The minimum atomic E-state index is -0.261. The largest absolute Gasteiger partial charge is 0.496 e. The molecular formula is C22H24N4O2. The summed E-state index contributed by atoms with van der Waals surface area (Å²) in [6, 6.07) is 15.3. The van der Waals surface area contributed by atoms with E-state index >= 15 is 0 Å². The van der Waals surface area contributed by atoms with Gasteiger partial charge in [-0.25, -0.2) is 9.97 Å². The summed E-state index contributed by atoms with van der Waals surface area (Å²) < 4.78 is 5.36. The summed E-state index contributed by atoms with van der Waals surface area (Å²) in [7, 11) is 1.64. The van der Waals surface area contributed by atoms with Crippen LogP contribution in [0.3, 0.4) is 0 Å². The Morgan fingerprint density at radius 2 is 1.71 bits per heavy atom. The van der Waals surface area contributed by atoms with Gasteiger partial charge in [-0.1, -0.05) is 36.4 Å². The number of hydrogen-bond donors (Lipinski definition) is 2. The third-order valence-corrected chi connectivity index (χ3v) is 4.44. The lowest BCUT2D eigenvalue weighted by molar-refractivity contribution is 0.102. The first-order valence-electron chi connectivity index (χ1n) is 9.07. The molecule has 2 N–H and O–H groups in total. The SMILES string of the molecule is COc1ccccc1CNc1nc(C)cc(C(=O)Nc2c(C)cccc2C)n1. The lowest BCUT2D eigenvalue weighted by atomic mass is 10.1. The van der Waals surface area contributed by atoms with Gasteiger partial charge in [0.05, 0.1) is 7.11 Å². The number of amides is 1. The van der Waals surface area contributed by atoms with Gasteiger partial charge in [0.25, 0.3) is 5.91 Å². The predicted molar refractivity (Wildman–Crippen MR) is 111 cm³/mol. The Bertz CT molecular complexity index is 981. The van der Waals surface area contributed by atoms with E-state index in [0.29, 0.717) is 23.9 Å². The van der Waals surface area contributed by atoms with Crippen molar-refractivity contribution in [2.24, 2.45) is 0 Å². The van der Waals surface area contributed by atoms with Crippen LogP contribution in [0.25, 0.3) is 0 Å². The minimum Gasteiger partial charge on any atom is -0.496 e. The fraction of sp³-hybridized carbons (Fsp3) is 0.227. The molecule has 0 aliphatic carbocycles. The van der Waals surface area contributed by atoms with Crippen LogP contribution in [0.2, 0.25) is 0 Å². The summed E-state index contributed by atoms with van der Waals surface area (Å²) in [5.41, 5.74) is 4.84. The Hall–Kier alpha value is -3.41. The molecule has 3 rings (SSSR count). The van der Waals surface area contributed by atoms with E-state index in [-0.39, 0.29) is 5.91 Å². The number of carbonyl (C=O) groups is 1. The summed E-state index contributed by atoms with van der Waals surface area (Å²) in [4.78, 5) is 21.5. The Balaban J connectivity index is 1.78. The lowest BCUT2D eigenvalue weighted by Gasteiger charge is -2.13. The zero-order valence-electron chi connectivity index (χ0n) is 16.5. The van der Waals surface area contributed by atoms with Crippen molar-refractivity contribution in [3.8, 4) is 5.75 Å². The molecule has 0 aliphatic heterocycles. The maximum Gasteiger partial charge on any atom is 0.274 e. The number of anilines is 2. The van der Waals surface area contributed by atoms with Crippen molar-refractivity contribution in [3.63, 3.8) is 0 Å². The number of methoxy groups -OCH3 is 1. The molecular weight excluding hydrogens is 352 g/mol. The van der Waals surface area contributed by atoms with Gasteiger partial charge in [0, 0.05) is 23.5 Å². The fourth-order valence-corrected chi connectivity index (χ4v) is 2.98. The smallest absolute Gasteiger partial charge is 0.274 e. The zero-order chi connectivity index (χ0) is 20.1. The Labute approximate surface area is 165 Å². The topological polar surface area (TPSA) is 76.1 Å². The van der Waals surface area contributed by atoms with Gasteiger partial charge in [0.2, 0.25) is 5.95 Å². The highest BCUT2D eigenvalue weighted by atomic mass is 16.5. The number of benzene rings is 2. The molecule has 0 saturated carbocycles. The monoisotopic (exact) mass is 376 g/mol. The van der Waals surface area contributed by atoms with Gasteiger partial charge in [-0.15, -0.1) is 0 Å². The molecule has 6 nitrogen and oxygen atoms in total. The van der Waals surface area contributed by atoms with Gasteiger partial charge in [0.15, 0.2) is 0 Å². The minimum absolute atomic E-state index is 0.261. The first-order valence-corrected chi connectivity index (χ1v) is 9.07. The maximum absolute atomic E-state index is 12.7. The second kappa shape index (κ2) is 8.52. The highest BCUT2D eigenvalue weighted by Gasteiger charge is 2.13. The normalized spacial score (nSPS) is 10.4. The van der Waals surface area contributed by atoms with Crippen LogP contribution in [-0.4, -0.2) is 23.0 Å². The highest BCUT2D eigenvalue weighted by Crippen LogP contribution is 2.21. The molecule has 0 atom stereocenters. The molecule has 144 valence electrons. The molecule has 0 fully saturated rings. The van der Waals surface area contributed by atoms with Crippen LogP contribution < -0.4 is 15.4 Å². The predicted octanol–water partition coefficient (Wildman–Crippen LogP) is 4.27. The van der Waals surface area contributed by atoms with Crippen molar-refractivity contribution in [3.05, 3.63) is 76.6 Å². The van der Waals surface area contributed by atoms with Crippen LogP contribution in [0, 0.1) is 20.8 Å². The van der Waals surface area contributed by atoms with Crippen LogP contribution in [0.4, 0.5) is 11.6 Å². The molecule has 6 heteroatoms. The molecule has 0 unspecified atom stereocenters. The fourth-order valence-electron chi connectivity index (χ4n) is 2.98. The third-order valence-electron chi connectivity index (χ3n) is 4.44. The van der Waals surface area contributed by atoms with E-state index in [0.717, 1.165) is 28.1 Å². The number of nitrogens with one attached hydrogen (secondary N) is 2. The number of carbonyl (C=O) groups excluding carboxylic acids is 1. The van der Waals surface area contributed by atoms with E-state index in [1.54, 1.807) is 13.2 Å². The van der Waals surface area contributed by atoms with Crippen LogP contribution >= 0.6 is 0 Å². The van der Waals surface area contributed by atoms with Crippen LogP contribution in [0.5, 0.6) is 5.75 Å². The highest BCUT2D eigenvalue weighted by molar-refractivity contribution is 6.03. The summed E-state index contributed by atoms with van der Waals surface area (Å²) >= 11 is 0. The van der Waals surface area contributed by atoms with E-state index in [9.17, 15) is 4.79 Å². The first-order chi connectivity index (χ1) is 13.5. The van der Waals surface area contributed by atoms with Crippen molar-refractivity contribution in [2.45, 2.75) is 27.3 Å². The van der Waals surface area contributed by atoms with Crippen molar-refractivity contribution in [1.29, 1.82) is 0 Å². The van der Waals surface area contributed by atoms with Gasteiger partial charge in [0.1, 0.15) is 11.4 Å². The van der Waals surface area contributed by atoms with E-state index < -0.39 is 0 Å². The van der Waals surface area contributed by atoms with Crippen molar-refractivity contribution >= 4 is 17.5 Å². The standard InChI is InChI=1S/C22H24N4O2/c1-14-8-7-9-15(2)20(14)26-21(27)18-12-16(3)24-22(25-18)23-13-17-10-5-6-11-19(17)28-4/h5-12H,13H2,1-4H3,(H,26,27)(H,23,24,25). The molecule has 0 saturated heterocycles. The molecule has 28 heavy (non-hydrogen) atoms. The van der Waals surface area contributed by atoms with E-state index in [4.69, 9.17) is 4.74 Å². The summed E-state index contributed by atoms with van der Waals surface area (Å²) in [6.07, 6.45) is 0. The number of rotatable bonds is 6. The van der Waals surface area contributed by atoms with Crippen molar-refractivity contribution in [2.75, 3.05) is 17.7 Å². The average molecular weight is 376 g/mol. The molecule has 0 aliphatic rings. The number of ether oxygens (including phenoxy) is 1. The summed E-state index contributed by atoms with van der Waals surface area (Å²) in [6.45, 7) is 6.26. The molecule has 0 radical (unpaired) electrons. The molecule has 1 amide bonds. The number of nitrogens with zero attached hydrogens (tertiary/aromatic N) is 2. The van der Waals surface area contributed by atoms with E-state index in [1.807, 2.05) is 63.2 Å². The van der Waals surface area contributed by atoms with Crippen molar-refractivity contribution < 1.29 is 9.53 Å². The van der Waals surface area contributed by atoms with Gasteiger partial charge < -0.3 is 15.4 Å². The Morgan fingerprint density at radius 1 is 1.00 bits per heavy atom. The zero-order valence-corrected chi connectivity index (χ0v) is 16.5. The average Bonchev–Trinajstić information content (AvgIpc) is 2.69. The second-order valence-electron chi connectivity index (χ2n) is 6.60. The third kappa shape index (κ3) is 4.46. The molecule has 1 aromatic heterocycles. The van der Waals surface area contributed by atoms with E-state index in [1.165, 1.54) is 0 Å². The molecule has 3 aromatic rings. The number of aryl methyl sites for hydroxylation is 3. The Morgan fingerprint density at radius 3 is 2.43 bits per heavy atom. The van der Waals surface area contributed by atoms with Crippen molar-refractivity contribution in [1.82, 2.24) is 9.97 Å². The van der Waals surface area contributed by atoms with Crippen LogP contribution in [0.1, 0.15) is 32.9 Å². The number of para-hydroxylation sites is 2. The maximum atomic E-state index is 12.7. The lowest BCUT2D eigenvalue weighted by Crippen LogP contribution is -2.17. The molecule has 2 aromatic carbocycles.